The summed E-state index contributed by atoms with van der Waals surface area (Å²) >= 11 is 0. The molecular formula is C27H39N3O5S. The van der Waals surface area contributed by atoms with E-state index >= 15 is 0 Å². The summed E-state index contributed by atoms with van der Waals surface area (Å²) in [5.41, 5.74) is 1.82. The van der Waals surface area contributed by atoms with Gasteiger partial charge in [0.25, 0.3) is 0 Å². The van der Waals surface area contributed by atoms with E-state index in [0.29, 0.717) is 17.9 Å². The summed E-state index contributed by atoms with van der Waals surface area (Å²) in [6, 6.07) is 13.9. The molecule has 0 aliphatic heterocycles. The molecule has 9 heteroatoms. The molecule has 0 aliphatic rings. The van der Waals surface area contributed by atoms with E-state index in [1.165, 1.54) is 9.21 Å². The molecule has 198 valence electrons. The summed E-state index contributed by atoms with van der Waals surface area (Å²) in [6.07, 6.45) is 1.56. The number of sulfonamides is 1. The molecule has 0 heterocycles. The fourth-order valence-corrected chi connectivity index (χ4v) is 4.87. The van der Waals surface area contributed by atoms with Gasteiger partial charge in [-0.25, -0.2) is 8.42 Å². The Kier molecular flexibility index (Phi) is 9.93. The van der Waals surface area contributed by atoms with Crippen LogP contribution in [0, 0.1) is 6.92 Å². The van der Waals surface area contributed by atoms with Crippen LogP contribution in [0.15, 0.2) is 48.5 Å². The highest BCUT2D eigenvalue weighted by atomic mass is 32.2. The van der Waals surface area contributed by atoms with E-state index in [1.807, 2.05) is 64.1 Å². The number of benzene rings is 2. The lowest BCUT2D eigenvalue weighted by atomic mass is 10.1. The second kappa shape index (κ2) is 12.3. The van der Waals surface area contributed by atoms with E-state index in [-0.39, 0.29) is 31.3 Å². The van der Waals surface area contributed by atoms with E-state index in [9.17, 15) is 18.0 Å². The van der Waals surface area contributed by atoms with Gasteiger partial charge in [-0.05, 0) is 70.4 Å². The Morgan fingerprint density at radius 2 is 1.75 bits per heavy atom. The van der Waals surface area contributed by atoms with Crippen molar-refractivity contribution in [2.75, 3.05) is 24.2 Å². The number of hydrogen-bond acceptors (Lipinski definition) is 5. The van der Waals surface area contributed by atoms with E-state index in [4.69, 9.17) is 4.74 Å². The Labute approximate surface area is 215 Å². The number of hydrogen-bond donors (Lipinski definition) is 1. The lowest BCUT2D eigenvalue weighted by molar-refractivity contribution is -0.141. The monoisotopic (exact) mass is 517 g/mol. The number of aryl methyl sites for hydroxylation is 1. The molecule has 0 radical (unpaired) electrons. The van der Waals surface area contributed by atoms with Crippen molar-refractivity contribution in [1.82, 2.24) is 10.2 Å². The Morgan fingerprint density at radius 3 is 2.33 bits per heavy atom. The Balaban J connectivity index is 2.22. The zero-order valence-corrected chi connectivity index (χ0v) is 23.2. The topological polar surface area (TPSA) is 96.0 Å². The highest BCUT2D eigenvalue weighted by molar-refractivity contribution is 7.92. The van der Waals surface area contributed by atoms with Crippen LogP contribution in [0.1, 0.15) is 51.7 Å². The summed E-state index contributed by atoms with van der Waals surface area (Å²) in [6.45, 7) is 9.60. The maximum atomic E-state index is 13.4. The number of carbonyl (C=O) groups excluding carboxylic acids is 2. The van der Waals surface area contributed by atoms with Crippen molar-refractivity contribution in [3.63, 3.8) is 0 Å². The predicted molar refractivity (Wildman–Crippen MR) is 144 cm³/mol. The van der Waals surface area contributed by atoms with Crippen LogP contribution in [-0.2, 0) is 26.2 Å². The standard InChI is InChI=1S/C27H39N3O5S/c1-20-12-8-9-15-24(20)30(36(7,33)34)17-11-16-25(31)29(21(2)26(32)28-27(3,4)5)19-22-13-10-14-23(18-22)35-6/h8-10,12-15,18,21H,11,16-17,19H2,1-7H3,(H,28,32)/t21-/m0/s1. The highest BCUT2D eigenvalue weighted by Crippen LogP contribution is 2.23. The average Bonchev–Trinajstić information content (AvgIpc) is 2.78. The third kappa shape index (κ3) is 8.55. The molecule has 0 aliphatic carbocycles. The van der Waals surface area contributed by atoms with Gasteiger partial charge in [-0.3, -0.25) is 13.9 Å². The quantitative estimate of drug-likeness (QED) is 0.488. The van der Waals surface area contributed by atoms with Crippen LogP contribution >= 0.6 is 0 Å². The van der Waals surface area contributed by atoms with Crippen molar-refractivity contribution in [3.05, 3.63) is 59.7 Å². The van der Waals surface area contributed by atoms with E-state index in [0.717, 1.165) is 17.4 Å². The minimum atomic E-state index is -3.53. The second-order valence-electron chi connectivity index (χ2n) is 10.0. The third-order valence-electron chi connectivity index (χ3n) is 5.69. The summed E-state index contributed by atoms with van der Waals surface area (Å²) in [4.78, 5) is 27.9. The minimum Gasteiger partial charge on any atom is -0.497 e. The molecule has 1 N–H and O–H groups in total. The SMILES string of the molecule is COc1cccc(CN(C(=O)CCCN(c2ccccc2C)S(C)(=O)=O)[C@@H](C)C(=O)NC(C)(C)C)c1. The lowest BCUT2D eigenvalue weighted by Gasteiger charge is -2.32. The molecule has 1 atom stereocenters. The molecule has 2 aromatic rings. The molecule has 2 aromatic carbocycles. The molecule has 36 heavy (non-hydrogen) atoms. The van der Waals surface area contributed by atoms with Crippen LogP contribution in [0.4, 0.5) is 5.69 Å². The number of para-hydroxylation sites is 1. The first kappa shape index (κ1) is 29.2. The smallest absolute Gasteiger partial charge is 0.242 e. The van der Waals surface area contributed by atoms with Crippen LogP contribution in [0.3, 0.4) is 0 Å². The molecule has 8 nitrogen and oxygen atoms in total. The van der Waals surface area contributed by atoms with Gasteiger partial charge in [0.2, 0.25) is 21.8 Å². The fraction of sp³-hybridized carbons (Fsp3) is 0.481. The van der Waals surface area contributed by atoms with Crippen molar-refractivity contribution in [2.24, 2.45) is 0 Å². The summed E-state index contributed by atoms with van der Waals surface area (Å²) < 4.78 is 31.6. The maximum Gasteiger partial charge on any atom is 0.242 e. The molecule has 0 saturated carbocycles. The number of rotatable bonds is 11. The van der Waals surface area contributed by atoms with Gasteiger partial charge in [0.1, 0.15) is 11.8 Å². The number of carbonyl (C=O) groups is 2. The number of methoxy groups -OCH3 is 1. The Hall–Kier alpha value is -3.07. The normalized spacial score (nSPS) is 12.5. The first-order valence-electron chi connectivity index (χ1n) is 12.0. The fourth-order valence-electron chi connectivity index (χ4n) is 3.85. The van der Waals surface area contributed by atoms with Crippen LogP contribution in [0.25, 0.3) is 0 Å². The number of nitrogens with one attached hydrogen (secondary N) is 1. The zero-order chi connectivity index (χ0) is 27.1. The molecule has 0 bridgehead atoms. The first-order chi connectivity index (χ1) is 16.7. The van der Waals surface area contributed by atoms with Crippen molar-refractivity contribution in [2.45, 2.75) is 65.6 Å². The van der Waals surface area contributed by atoms with Gasteiger partial charge in [0, 0.05) is 25.0 Å². The summed E-state index contributed by atoms with van der Waals surface area (Å²) in [5.74, 6) is 0.178. The van der Waals surface area contributed by atoms with E-state index in [1.54, 1.807) is 26.2 Å². The second-order valence-corrected chi connectivity index (χ2v) is 11.9. The lowest BCUT2D eigenvalue weighted by Crippen LogP contribution is -2.52. The van der Waals surface area contributed by atoms with Gasteiger partial charge in [0.05, 0.1) is 19.1 Å². The van der Waals surface area contributed by atoms with Crippen molar-refractivity contribution >= 4 is 27.5 Å². The largest absolute Gasteiger partial charge is 0.497 e. The number of ether oxygens (including phenoxy) is 1. The van der Waals surface area contributed by atoms with Gasteiger partial charge in [0.15, 0.2) is 0 Å². The van der Waals surface area contributed by atoms with E-state index < -0.39 is 21.6 Å². The molecule has 0 unspecified atom stereocenters. The van der Waals surface area contributed by atoms with Crippen molar-refractivity contribution in [3.8, 4) is 5.75 Å². The van der Waals surface area contributed by atoms with Crippen LogP contribution in [0.2, 0.25) is 0 Å². The number of anilines is 1. The molecule has 0 fully saturated rings. The molecule has 0 saturated heterocycles. The predicted octanol–water partition coefficient (Wildman–Crippen LogP) is 3.88. The first-order valence-corrected chi connectivity index (χ1v) is 13.9. The summed E-state index contributed by atoms with van der Waals surface area (Å²) in [5, 5.41) is 2.94. The molecule has 2 rings (SSSR count). The van der Waals surface area contributed by atoms with Gasteiger partial charge < -0.3 is 15.0 Å². The molecule has 2 amide bonds. The van der Waals surface area contributed by atoms with Gasteiger partial charge >= 0.3 is 0 Å². The molecular weight excluding hydrogens is 478 g/mol. The van der Waals surface area contributed by atoms with Gasteiger partial charge in [-0.15, -0.1) is 0 Å². The molecule has 0 spiro atoms. The van der Waals surface area contributed by atoms with Crippen LogP contribution < -0.4 is 14.4 Å². The minimum absolute atomic E-state index is 0.0923. The van der Waals surface area contributed by atoms with Gasteiger partial charge in [-0.2, -0.15) is 0 Å². The molecule has 0 aromatic heterocycles. The highest BCUT2D eigenvalue weighted by Gasteiger charge is 2.29. The zero-order valence-electron chi connectivity index (χ0n) is 22.4. The number of amides is 2. The van der Waals surface area contributed by atoms with Gasteiger partial charge in [-0.1, -0.05) is 30.3 Å². The Morgan fingerprint density at radius 1 is 1.08 bits per heavy atom. The van der Waals surface area contributed by atoms with Crippen molar-refractivity contribution < 1.29 is 22.7 Å². The van der Waals surface area contributed by atoms with E-state index in [2.05, 4.69) is 5.32 Å². The van der Waals surface area contributed by atoms with Crippen LogP contribution in [-0.4, -0.2) is 56.6 Å². The third-order valence-corrected chi connectivity index (χ3v) is 6.87. The average molecular weight is 518 g/mol. The Bertz CT molecular complexity index is 1160. The number of nitrogens with zero attached hydrogens (tertiary/aromatic N) is 2. The van der Waals surface area contributed by atoms with Crippen LogP contribution in [0.5, 0.6) is 5.75 Å². The van der Waals surface area contributed by atoms with Crippen molar-refractivity contribution in [1.29, 1.82) is 0 Å². The maximum absolute atomic E-state index is 13.4. The summed E-state index contributed by atoms with van der Waals surface area (Å²) in [7, 11) is -1.96.